The van der Waals surface area contributed by atoms with Gasteiger partial charge in [-0.2, -0.15) is 0 Å². The van der Waals surface area contributed by atoms with Gasteiger partial charge in [0.15, 0.2) is 0 Å². The zero-order valence-corrected chi connectivity index (χ0v) is 18.4. The number of H-pyrrole nitrogens is 1. The lowest BCUT2D eigenvalue weighted by Gasteiger charge is -2.27. The lowest BCUT2D eigenvalue weighted by Crippen LogP contribution is -2.27. The van der Waals surface area contributed by atoms with E-state index in [0.29, 0.717) is 12.1 Å². The van der Waals surface area contributed by atoms with Gasteiger partial charge < -0.3 is 10.3 Å². The second-order valence-electron chi connectivity index (χ2n) is 8.56. The molecule has 2 unspecified atom stereocenters. The first-order valence-corrected chi connectivity index (χ1v) is 11.9. The number of aryl methyl sites for hydroxylation is 1. The zero-order valence-electron chi connectivity index (χ0n) is 17.6. The average molecular weight is 424 g/mol. The molecule has 5 aromatic rings. The molecule has 0 bridgehead atoms. The van der Waals surface area contributed by atoms with Crippen molar-refractivity contribution >= 4 is 32.5 Å². The summed E-state index contributed by atoms with van der Waals surface area (Å²) in [6.07, 6.45) is 3.53. The minimum atomic E-state index is 0.324. The van der Waals surface area contributed by atoms with E-state index in [4.69, 9.17) is 0 Å². The van der Waals surface area contributed by atoms with Crippen LogP contribution in [0.25, 0.3) is 32.2 Å². The Kier molecular flexibility index (Phi) is 4.62. The molecular formula is C27H25N3S. The molecule has 6 rings (SSSR count). The number of aromatic nitrogens is 2. The molecule has 2 heterocycles. The lowest BCUT2D eigenvalue weighted by molar-refractivity contribution is 0.410. The van der Waals surface area contributed by atoms with Gasteiger partial charge in [-0.25, -0.2) is 4.98 Å². The Hall–Kier alpha value is -2.95. The molecule has 3 aromatic carbocycles. The van der Waals surface area contributed by atoms with Crippen LogP contribution in [0.4, 0.5) is 0 Å². The third kappa shape index (κ3) is 3.36. The Bertz CT molecular complexity index is 1370. The summed E-state index contributed by atoms with van der Waals surface area (Å²) in [5.74, 6) is 0. The van der Waals surface area contributed by atoms with Crippen LogP contribution in [-0.2, 0) is 6.42 Å². The fraction of sp³-hybridized carbons (Fsp3) is 0.222. The van der Waals surface area contributed by atoms with Gasteiger partial charge in [-0.1, -0.05) is 42.5 Å². The van der Waals surface area contributed by atoms with Crippen LogP contribution in [-0.4, -0.2) is 9.97 Å². The molecule has 1 aliphatic rings. The Balaban J connectivity index is 1.36. The quantitative estimate of drug-likeness (QED) is 0.322. The summed E-state index contributed by atoms with van der Waals surface area (Å²) in [4.78, 5) is 8.17. The standard InChI is InChI=1S/C27H25N3S/c1-17(18-6-3-2-4-7-18)29-25-9-5-8-21-22-14-19(10-12-23(22)30-27(21)25)20-11-13-24-26(15-20)31-16-28-24/h2-4,6-7,10-17,25,29-30H,5,8-9H2,1H3. The van der Waals surface area contributed by atoms with Crippen molar-refractivity contribution in [3.8, 4) is 11.1 Å². The average Bonchev–Trinajstić information content (AvgIpc) is 3.43. The van der Waals surface area contributed by atoms with E-state index in [1.54, 1.807) is 11.3 Å². The van der Waals surface area contributed by atoms with Gasteiger partial charge in [0.1, 0.15) is 0 Å². The molecule has 3 nitrogen and oxygen atoms in total. The minimum absolute atomic E-state index is 0.324. The summed E-state index contributed by atoms with van der Waals surface area (Å²) in [5, 5.41) is 5.25. The first-order valence-electron chi connectivity index (χ1n) is 11.1. The molecule has 0 amide bonds. The minimum Gasteiger partial charge on any atom is -0.357 e. The number of thiazole rings is 1. The number of benzene rings is 3. The van der Waals surface area contributed by atoms with Crippen molar-refractivity contribution in [2.75, 3.05) is 0 Å². The number of rotatable bonds is 4. The second kappa shape index (κ2) is 7.63. The third-order valence-electron chi connectivity index (χ3n) is 6.62. The number of nitrogens with one attached hydrogen (secondary N) is 2. The molecule has 31 heavy (non-hydrogen) atoms. The maximum absolute atomic E-state index is 4.41. The first-order chi connectivity index (χ1) is 15.3. The summed E-state index contributed by atoms with van der Waals surface area (Å²) < 4.78 is 1.24. The summed E-state index contributed by atoms with van der Waals surface area (Å²) in [6, 6.07) is 24.9. The fourth-order valence-electron chi connectivity index (χ4n) is 4.98. The van der Waals surface area contributed by atoms with E-state index in [9.17, 15) is 0 Å². The van der Waals surface area contributed by atoms with Crippen molar-refractivity contribution in [1.82, 2.24) is 15.3 Å². The van der Waals surface area contributed by atoms with Gasteiger partial charge in [-0.15, -0.1) is 11.3 Å². The predicted molar refractivity (Wildman–Crippen MR) is 131 cm³/mol. The van der Waals surface area contributed by atoms with Crippen LogP contribution >= 0.6 is 11.3 Å². The van der Waals surface area contributed by atoms with Gasteiger partial charge in [-0.3, -0.25) is 0 Å². The van der Waals surface area contributed by atoms with Crippen molar-refractivity contribution in [2.45, 2.75) is 38.3 Å². The Morgan fingerprint density at radius 2 is 1.87 bits per heavy atom. The lowest BCUT2D eigenvalue weighted by atomic mass is 9.90. The third-order valence-corrected chi connectivity index (χ3v) is 7.41. The molecule has 154 valence electrons. The van der Waals surface area contributed by atoms with E-state index in [1.165, 1.54) is 56.4 Å². The number of hydrogen-bond donors (Lipinski definition) is 2. The molecule has 2 N–H and O–H groups in total. The van der Waals surface area contributed by atoms with Crippen LogP contribution in [0, 0.1) is 0 Å². The summed E-state index contributed by atoms with van der Waals surface area (Å²) >= 11 is 1.70. The van der Waals surface area contributed by atoms with Gasteiger partial charge in [0, 0.05) is 28.7 Å². The van der Waals surface area contributed by atoms with Crippen LogP contribution in [0.15, 0.2) is 72.2 Å². The molecule has 4 heteroatoms. The summed E-state index contributed by atoms with van der Waals surface area (Å²) in [7, 11) is 0. The maximum Gasteiger partial charge on any atom is 0.0812 e. The van der Waals surface area contributed by atoms with Crippen LogP contribution in [0.5, 0.6) is 0 Å². The van der Waals surface area contributed by atoms with Crippen molar-refractivity contribution < 1.29 is 0 Å². The number of hydrogen-bond acceptors (Lipinski definition) is 3. The van der Waals surface area contributed by atoms with Gasteiger partial charge in [-0.05, 0) is 72.7 Å². The Morgan fingerprint density at radius 3 is 2.77 bits per heavy atom. The SMILES string of the molecule is CC(NC1CCCc2c1[nH]c1ccc(-c3ccc4ncsc4c3)cc21)c1ccccc1. The monoisotopic (exact) mass is 423 g/mol. The number of nitrogens with zero attached hydrogens (tertiary/aromatic N) is 1. The molecule has 0 radical (unpaired) electrons. The van der Waals surface area contributed by atoms with Gasteiger partial charge in [0.2, 0.25) is 0 Å². The normalized spacial score (nSPS) is 17.1. The maximum atomic E-state index is 4.41. The molecular weight excluding hydrogens is 398 g/mol. The molecule has 1 aliphatic carbocycles. The summed E-state index contributed by atoms with van der Waals surface area (Å²) in [5.41, 5.74) is 11.0. The Morgan fingerprint density at radius 1 is 1.03 bits per heavy atom. The highest BCUT2D eigenvalue weighted by molar-refractivity contribution is 7.16. The number of aromatic amines is 1. The van der Waals surface area contributed by atoms with E-state index < -0.39 is 0 Å². The molecule has 0 saturated carbocycles. The van der Waals surface area contributed by atoms with Crippen LogP contribution < -0.4 is 5.32 Å². The predicted octanol–water partition coefficient (Wildman–Crippen LogP) is 7.17. The largest absolute Gasteiger partial charge is 0.357 e. The molecule has 2 aromatic heterocycles. The van der Waals surface area contributed by atoms with Gasteiger partial charge >= 0.3 is 0 Å². The molecule has 0 aliphatic heterocycles. The van der Waals surface area contributed by atoms with Crippen molar-refractivity contribution in [2.24, 2.45) is 0 Å². The summed E-state index contributed by atoms with van der Waals surface area (Å²) in [6.45, 7) is 2.26. The first kappa shape index (κ1) is 18.8. The van der Waals surface area contributed by atoms with Crippen molar-refractivity contribution in [1.29, 1.82) is 0 Å². The van der Waals surface area contributed by atoms with E-state index in [2.05, 4.69) is 88.9 Å². The van der Waals surface area contributed by atoms with Crippen LogP contribution in [0.2, 0.25) is 0 Å². The second-order valence-corrected chi connectivity index (χ2v) is 9.44. The van der Waals surface area contributed by atoms with Crippen molar-refractivity contribution in [3.63, 3.8) is 0 Å². The van der Waals surface area contributed by atoms with Crippen LogP contribution in [0.1, 0.15) is 48.7 Å². The Labute approximate surface area is 186 Å². The highest BCUT2D eigenvalue weighted by atomic mass is 32.1. The number of fused-ring (bicyclic) bond motifs is 4. The fourth-order valence-corrected chi connectivity index (χ4v) is 5.70. The molecule has 0 spiro atoms. The molecule has 0 fully saturated rings. The van der Waals surface area contributed by atoms with Crippen LogP contribution in [0.3, 0.4) is 0 Å². The highest BCUT2D eigenvalue weighted by Crippen LogP contribution is 2.38. The van der Waals surface area contributed by atoms with E-state index in [-0.39, 0.29) is 0 Å². The van der Waals surface area contributed by atoms with Gasteiger partial charge in [0.05, 0.1) is 15.7 Å². The van der Waals surface area contributed by atoms with Crippen molar-refractivity contribution in [3.05, 3.63) is 89.1 Å². The highest BCUT2D eigenvalue weighted by Gasteiger charge is 2.25. The van der Waals surface area contributed by atoms with Gasteiger partial charge in [0.25, 0.3) is 0 Å². The molecule has 2 atom stereocenters. The van der Waals surface area contributed by atoms with E-state index >= 15 is 0 Å². The molecule has 0 saturated heterocycles. The van der Waals surface area contributed by atoms with E-state index in [0.717, 1.165) is 11.9 Å². The smallest absolute Gasteiger partial charge is 0.0812 e. The zero-order chi connectivity index (χ0) is 20.8. The van der Waals surface area contributed by atoms with E-state index in [1.807, 2.05) is 5.51 Å². The topological polar surface area (TPSA) is 40.7 Å².